The maximum absolute atomic E-state index is 3.67. The van der Waals surface area contributed by atoms with Crippen LogP contribution in [0.2, 0.25) is 0 Å². The number of hydrogen-bond acceptors (Lipinski definition) is 1. The van der Waals surface area contributed by atoms with Crippen molar-refractivity contribution in [3.63, 3.8) is 0 Å². The average Bonchev–Trinajstić information content (AvgIpc) is 2.38. The molecule has 1 nitrogen and oxygen atoms in total. The molecule has 0 spiro atoms. The molecule has 0 aliphatic heterocycles. The Kier molecular flexibility index (Phi) is 8.68. The Labute approximate surface area is 132 Å². The van der Waals surface area contributed by atoms with E-state index >= 15 is 0 Å². The van der Waals surface area contributed by atoms with Gasteiger partial charge in [-0.25, -0.2) is 0 Å². The van der Waals surface area contributed by atoms with Gasteiger partial charge in [-0.2, -0.15) is 0 Å². The van der Waals surface area contributed by atoms with Crippen molar-refractivity contribution in [3.8, 4) is 0 Å². The third kappa shape index (κ3) is 8.26. The summed E-state index contributed by atoms with van der Waals surface area (Å²) in [5, 5.41) is 3.67. The zero-order valence-electron chi connectivity index (χ0n) is 14.8. The molecule has 1 N–H and O–H groups in total. The van der Waals surface area contributed by atoms with Gasteiger partial charge in [0, 0.05) is 0 Å². The van der Waals surface area contributed by atoms with Gasteiger partial charge < -0.3 is 5.32 Å². The second-order valence-electron chi connectivity index (χ2n) is 7.24. The van der Waals surface area contributed by atoms with E-state index in [1.807, 2.05) is 0 Å². The van der Waals surface area contributed by atoms with Crippen LogP contribution in [0, 0.1) is 24.7 Å². The molecule has 1 aromatic rings. The van der Waals surface area contributed by atoms with Gasteiger partial charge in [-0.1, -0.05) is 70.4 Å². The fourth-order valence-electron chi connectivity index (χ4n) is 3.17. The van der Waals surface area contributed by atoms with Crippen LogP contribution in [0.1, 0.15) is 58.1 Å². The summed E-state index contributed by atoms with van der Waals surface area (Å²) in [5.74, 6) is 2.33. The van der Waals surface area contributed by atoms with E-state index in [9.17, 15) is 0 Å². The van der Waals surface area contributed by atoms with Crippen molar-refractivity contribution in [3.05, 3.63) is 35.4 Å². The first-order valence-corrected chi connectivity index (χ1v) is 8.77. The molecular formula is C20H35N. The average molecular weight is 290 g/mol. The lowest BCUT2D eigenvalue weighted by molar-refractivity contribution is 0.348. The van der Waals surface area contributed by atoms with E-state index in [1.165, 1.54) is 36.8 Å². The minimum atomic E-state index is 0.734. The van der Waals surface area contributed by atoms with Gasteiger partial charge in [-0.15, -0.1) is 0 Å². The van der Waals surface area contributed by atoms with E-state index in [1.54, 1.807) is 0 Å². The fraction of sp³-hybridized carbons (Fsp3) is 0.700. The zero-order chi connectivity index (χ0) is 15.7. The van der Waals surface area contributed by atoms with Crippen LogP contribution in [-0.4, -0.2) is 13.1 Å². The number of aryl methyl sites for hydroxylation is 1. The van der Waals surface area contributed by atoms with Gasteiger partial charge in [-0.3, -0.25) is 0 Å². The number of hydrogen-bond donors (Lipinski definition) is 1. The van der Waals surface area contributed by atoms with E-state index in [0.29, 0.717) is 0 Å². The van der Waals surface area contributed by atoms with Crippen molar-refractivity contribution in [1.29, 1.82) is 0 Å². The first-order chi connectivity index (χ1) is 10.0. The third-order valence-corrected chi connectivity index (χ3v) is 4.11. The highest BCUT2D eigenvalue weighted by atomic mass is 14.9. The summed E-state index contributed by atoms with van der Waals surface area (Å²) in [6.45, 7) is 13.7. The molecule has 0 heterocycles. The maximum Gasteiger partial charge on any atom is -0.00171 e. The second kappa shape index (κ2) is 10.00. The van der Waals surface area contributed by atoms with Gasteiger partial charge in [-0.05, 0) is 56.2 Å². The van der Waals surface area contributed by atoms with Crippen molar-refractivity contribution >= 4 is 0 Å². The van der Waals surface area contributed by atoms with Crippen LogP contribution < -0.4 is 5.32 Å². The molecule has 2 unspecified atom stereocenters. The predicted octanol–water partition coefficient (Wildman–Crippen LogP) is 5.23. The van der Waals surface area contributed by atoms with Crippen molar-refractivity contribution in [2.45, 2.75) is 60.3 Å². The molecule has 1 rings (SSSR count). The topological polar surface area (TPSA) is 12.0 Å². The number of nitrogens with one attached hydrogen (secondary N) is 1. The highest BCUT2D eigenvalue weighted by molar-refractivity contribution is 5.22. The van der Waals surface area contributed by atoms with Crippen molar-refractivity contribution < 1.29 is 0 Å². The largest absolute Gasteiger partial charge is 0.316 e. The Hall–Kier alpha value is -0.820. The number of benzene rings is 1. The van der Waals surface area contributed by atoms with Crippen molar-refractivity contribution in [2.24, 2.45) is 17.8 Å². The first-order valence-electron chi connectivity index (χ1n) is 8.77. The molecule has 1 heteroatoms. The Morgan fingerprint density at radius 2 is 1.86 bits per heavy atom. The van der Waals surface area contributed by atoms with Crippen LogP contribution >= 0.6 is 0 Å². The molecule has 0 aliphatic rings. The maximum atomic E-state index is 3.67. The lowest BCUT2D eigenvalue weighted by Crippen LogP contribution is -2.28. The summed E-state index contributed by atoms with van der Waals surface area (Å²) in [6.07, 6.45) is 5.21. The molecule has 0 bridgehead atoms. The first kappa shape index (κ1) is 18.2. The molecule has 0 aliphatic carbocycles. The molecule has 120 valence electrons. The Morgan fingerprint density at radius 1 is 1.10 bits per heavy atom. The van der Waals surface area contributed by atoms with Crippen molar-refractivity contribution in [1.82, 2.24) is 5.32 Å². The summed E-state index contributed by atoms with van der Waals surface area (Å²) in [7, 11) is 0. The monoisotopic (exact) mass is 289 g/mol. The molecule has 21 heavy (non-hydrogen) atoms. The molecule has 0 aromatic heterocycles. The van der Waals surface area contributed by atoms with E-state index in [4.69, 9.17) is 0 Å². The summed E-state index contributed by atoms with van der Waals surface area (Å²) < 4.78 is 0. The van der Waals surface area contributed by atoms with Gasteiger partial charge in [0.2, 0.25) is 0 Å². The van der Waals surface area contributed by atoms with Crippen LogP contribution in [0.3, 0.4) is 0 Å². The molecule has 0 amide bonds. The standard InChI is InChI=1S/C20H35N/c1-6-8-17(4)12-20(15-21-14-16(2)3)13-19-10-7-9-18(5)11-19/h7,9-11,16-17,20-21H,6,8,12-15H2,1-5H3. The summed E-state index contributed by atoms with van der Waals surface area (Å²) in [6, 6.07) is 9.01. The fourth-order valence-corrected chi connectivity index (χ4v) is 3.17. The van der Waals surface area contributed by atoms with E-state index in [-0.39, 0.29) is 0 Å². The van der Waals surface area contributed by atoms with Crippen LogP contribution in [0.4, 0.5) is 0 Å². The van der Waals surface area contributed by atoms with Crippen LogP contribution in [0.5, 0.6) is 0 Å². The minimum Gasteiger partial charge on any atom is -0.316 e. The van der Waals surface area contributed by atoms with Crippen molar-refractivity contribution in [2.75, 3.05) is 13.1 Å². The lowest BCUT2D eigenvalue weighted by atomic mass is 9.87. The molecule has 1 aromatic carbocycles. The van der Waals surface area contributed by atoms with E-state index in [2.05, 4.69) is 64.2 Å². The Morgan fingerprint density at radius 3 is 2.48 bits per heavy atom. The molecule has 0 radical (unpaired) electrons. The molecule has 0 saturated carbocycles. The van der Waals surface area contributed by atoms with Gasteiger partial charge >= 0.3 is 0 Å². The normalized spacial score (nSPS) is 14.4. The second-order valence-corrected chi connectivity index (χ2v) is 7.24. The van der Waals surface area contributed by atoms with Crippen LogP contribution in [0.25, 0.3) is 0 Å². The van der Waals surface area contributed by atoms with Gasteiger partial charge in [0.25, 0.3) is 0 Å². The summed E-state index contributed by atoms with van der Waals surface area (Å²) in [4.78, 5) is 0. The zero-order valence-corrected chi connectivity index (χ0v) is 14.8. The van der Waals surface area contributed by atoms with Gasteiger partial charge in [0.15, 0.2) is 0 Å². The summed E-state index contributed by atoms with van der Waals surface area (Å²) in [5.41, 5.74) is 2.87. The summed E-state index contributed by atoms with van der Waals surface area (Å²) >= 11 is 0. The SMILES string of the molecule is CCCC(C)CC(CNCC(C)C)Cc1cccc(C)c1. The van der Waals surface area contributed by atoms with Gasteiger partial charge in [0.1, 0.15) is 0 Å². The van der Waals surface area contributed by atoms with Gasteiger partial charge in [0.05, 0.1) is 0 Å². The minimum absolute atomic E-state index is 0.734. The highest BCUT2D eigenvalue weighted by Crippen LogP contribution is 2.21. The van der Waals surface area contributed by atoms with Crippen LogP contribution in [-0.2, 0) is 6.42 Å². The molecule has 0 saturated heterocycles. The van der Waals surface area contributed by atoms with E-state index < -0.39 is 0 Å². The molecular weight excluding hydrogens is 254 g/mol. The lowest BCUT2D eigenvalue weighted by Gasteiger charge is -2.22. The Bertz CT molecular complexity index is 383. The third-order valence-electron chi connectivity index (χ3n) is 4.11. The quantitative estimate of drug-likeness (QED) is 0.622. The smallest absolute Gasteiger partial charge is 0.00171 e. The van der Waals surface area contributed by atoms with Crippen LogP contribution in [0.15, 0.2) is 24.3 Å². The highest BCUT2D eigenvalue weighted by Gasteiger charge is 2.14. The van der Waals surface area contributed by atoms with E-state index in [0.717, 1.165) is 30.8 Å². The predicted molar refractivity (Wildman–Crippen MR) is 94.8 cm³/mol. The number of rotatable bonds is 10. The Balaban J connectivity index is 2.57. The molecule has 0 fully saturated rings. The molecule has 2 atom stereocenters.